The normalized spacial score (nSPS) is 16.6. The van der Waals surface area contributed by atoms with Gasteiger partial charge in [-0.3, -0.25) is 14.4 Å². The maximum atomic E-state index is 12.2. The molecule has 0 aromatic heterocycles. The number of hydrogen-bond donors (Lipinski definition) is 1. The Kier molecular flexibility index (Phi) is 6.76. The molecular weight excluding hydrogens is 328 g/mol. The molecule has 1 atom stereocenters. The van der Waals surface area contributed by atoms with Crippen LogP contribution < -0.4 is 15.0 Å². The molecule has 25 heavy (non-hydrogen) atoms. The Hall–Kier alpha value is -2.61. The van der Waals surface area contributed by atoms with Crippen LogP contribution in [-0.4, -0.2) is 58.3 Å². The first kappa shape index (κ1) is 18.7. The van der Waals surface area contributed by atoms with Gasteiger partial charge in [-0.1, -0.05) is 12.1 Å². The minimum atomic E-state index is -0.607. The highest BCUT2D eigenvalue weighted by molar-refractivity contribution is 6.00. The van der Waals surface area contributed by atoms with Gasteiger partial charge in [-0.2, -0.15) is 0 Å². The van der Waals surface area contributed by atoms with Gasteiger partial charge in [0.1, 0.15) is 5.75 Å². The van der Waals surface area contributed by atoms with E-state index in [-0.39, 0.29) is 25.5 Å². The first-order valence-electron chi connectivity index (χ1n) is 7.92. The van der Waals surface area contributed by atoms with Crippen molar-refractivity contribution in [2.45, 2.75) is 6.42 Å². The fourth-order valence-electron chi connectivity index (χ4n) is 2.55. The van der Waals surface area contributed by atoms with Gasteiger partial charge in [-0.15, -0.1) is 0 Å². The molecular formula is C17H22N2O6. The van der Waals surface area contributed by atoms with Crippen LogP contribution in [0.5, 0.6) is 5.75 Å². The van der Waals surface area contributed by atoms with E-state index in [0.29, 0.717) is 24.6 Å². The monoisotopic (exact) mass is 350 g/mol. The Morgan fingerprint density at radius 3 is 2.76 bits per heavy atom. The van der Waals surface area contributed by atoms with Crippen LogP contribution >= 0.6 is 0 Å². The molecule has 0 radical (unpaired) electrons. The van der Waals surface area contributed by atoms with Crippen molar-refractivity contribution in [3.63, 3.8) is 0 Å². The fourth-order valence-corrected chi connectivity index (χ4v) is 2.55. The molecule has 0 spiro atoms. The average molecular weight is 350 g/mol. The van der Waals surface area contributed by atoms with Crippen LogP contribution in [0.25, 0.3) is 0 Å². The maximum Gasteiger partial charge on any atom is 0.311 e. The van der Waals surface area contributed by atoms with Crippen LogP contribution in [0.1, 0.15) is 6.42 Å². The van der Waals surface area contributed by atoms with E-state index in [1.54, 1.807) is 24.3 Å². The van der Waals surface area contributed by atoms with E-state index in [1.165, 1.54) is 19.1 Å². The molecule has 1 aliphatic heterocycles. The molecule has 1 fully saturated rings. The summed E-state index contributed by atoms with van der Waals surface area (Å²) >= 11 is 0. The Balaban J connectivity index is 1.89. The predicted octanol–water partition coefficient (Wildman–Crippen LogP) is 0.354. The van der Waals surface area contributed by atoms with E-state index in [1.807, 2.05) is 0 Å². The first-order chi connectivity index (χ1) is 12.1. The average Bonchev–Trinajstić information content (AvgIpc) is 3.01. The van der Waals surface area contributed by atoms with Gasteiger partial charge in [0.25, 0.3) is 5.91 Å². The zero-order valence-corrected chi connectivity index (χ0v) is 14.3. The summed E-state index contributed by atoms with van der Waals surface area (Å²) in [5, 5.41) is 2.55. The molecule has 0 saturated carbocycles. The van der Waals surface area contributed by atoms with Crippen molar-refractivity contribution >= 4 is 23.5 Å². The van der Waals surface area contributed by atoms with Crippen LogP contribution in [0, 0.1) is 5.92 Å². The lowest BCUT2D eigenvalue weighted by molar-refractivity contribution is -0.152. The molecule has 136 valence electrons. The van der Waals surface area contributed by atoms with Crippen molar-refractivity contribution in [1.82, 2.24) is 5.32 Å². The van der Waals surface area contributed by atoms with Gasteiger partial charge in [-0.25, -0.2) is 0 Å². The van der Waals surface area contributed by atoms with Gasteiger partial charge in [-0.05, 0) is 12.1 Å². The molecule has 1 saturated heterocycles. The highest BCUT2D eigenvalue weighted by Gasteiger charge is 2.37. The molecule has 8 heteroatoms. The number of anilines is 1. The second kappa shape index (κ2) is 9.03. The number of methoxy groups -OCH3 is 2. The van der Waals surface area contributed by atoms with Gasteiger partial charge in [0.2, 0.25) is 5.91 Å². The molecule has 1 aromatic rings. The number of carbonyl (C=O) groups is 3. The molecule has 1 N–H and O–H groups in total. The summed E-state index contributed by atoms with van der Waals surface area (Å²) in [5.41, 5.74) is 0.614. The van der Waals surface area contributed by atoms with Gasteiger partial charge in [0.15, 0.2) is 6.61 Å². The Bertz CT molecular complexity index is 633. The van der Waals surface area contributed by atoms with E-state index in [2.05, 4.69) is 5.32 Å². The number of para-hydroxylation sites is 2. The zero-order chi connectivity index (χ0) is 18.2. The third-order valence-electron chi connectivity index (χ3n) is 3.81. The molecule has 1 aliphatic rings. The molecule has 1 aromatic carbocycles. The summed E-state index contributed by atoms with van der Waals surface area (Å²) < 4.78 is 15.1. The second-order valence-electron chi connectivity index (χ2n) is 5.53. The van der Waals surface area contributed by atoms with E-state index in [9.17, 15) is 14.4 Å². The van der Waals surface area contributed by atoms with Crippen molar-refractivity contribution in [3.8, 4) is 5.75 Å². The number of carbonyl (C=O) groups excluding carboxylic acids is 3. The minimum Gasteiger partial charge on any atom is -0.495 e. The van der Waals surface area contributed by atoms with Gasteiger partial charge < -0.3 is 24.4 Å². The number of amides is 2. The standard InChI is InChI=1S/C17H22N2O6/c1-23-8-7-18-15(20)11-25-17(22)12-9-16(21)19(10-12)13-5-3-4-6-14(13)24-2/h3-6,12H,7-11H2,1-2H3,(H,18,20)/t12-/m0/s1. The minimum absolute atomic E-state index is 0.0438. The van der Waals surface area contributed by atoms with E-state index < -0.39 is 17.8 Å². The largest absolute Gasteiger partial charge is 0.495 e. The van der Waals surface area contributed by atoms with Crippen LogP contribution in [0.3, 0.4) is 0 Å². The third-order valence-corrected chi connectivity index (χ3v) is 3.81. The first-order valence-corrected chi connectivity index (χ1v) is 7.92. The number of benzene rings is 1. The van der Waals surface area contributed by atoms with Crippen LogP contribution in [0.2, 0.25) is 0 Å². The van der Waals surface area contributed by atoms with E-state index in [0.717, 1.165) is 0 Å². The molecule has 1 heterocycles. The summed E-state index contributed by atoms with van der Waals surface area (Å²) in [5.74, 6) is -1.20. The van der Waals surface area contributed by atoms with Crippen LogP contribution in [0.15, 0.2) is 24.3 Å². The number of hydrogen-bond acceptors (Lipinski definition) is 6. The molecule has 0 aliphatic carbocycles. The van der Waals surface area contributed by atoms with E-state index >= 15 is 0 Å². The SMILES string of the molecule is COCCNC(=O)COC(=O)[C@H]1CC(=O)N(c2ccccc2OC)C1. The van der Waals surface area contributed by atoms with Crippen molar-refractivity contribution in [2.75, 3.05) is 45.4 Å². The lowest BCUT2D eigenvalue weighted by Gasteiger charge is -2.19. The maximum absolute atomic E-state index is 12.2. The van der Waals surface area contributed by atoms with E-state index in [4.69, 9.17) is 14.2 Å². The van der Waals surface area contributed by atoms with Crippen LogP contribution in [-0.2, 0) is 23.9 Å². The zero-order valence-electron chi connectivity index (χ0n) is 14.3. The number of esters is 1. The molecule has 2 amide bonds. The topological polar surface area (TPSA) is 94.2 Å². The van der Waals surface area contributed by atoms with Crippen molar-refractivity contribution in [2.24, 2.45) is 5.92 Å². The Morgan fingerprint density at radius 1 is 1.28 bits per heavy atom. The smallest absolute Gasteiger partial charge is 0.311 e. The third kappa shape index (κ3) is 4.93. The number of ether oxygens (including phenoxy) is 3. The lowest BCUT2D eigenvalue weighted by Crippen LogP contribution is -2.33. The number of nitrogens with zero attached hydrogens (tertiary/aromatic N) is 1. The Morgan fingerprint density at radius 2 is 2.04 bits per heavy atom. The number of nitrogens with one attached hydrogen (secondary N) is 1. The molecule has 2 rings (SSSR count). The summed E-state index contributed by atoms with van der Waals surface area (Å²) in [7, 11) is 3.05. The highest BCUT2D eigenvalue weighted by Crippen LogP contribution is 2.32. The summed E-state index contributed by atoms with van der Waals surface area (Å²) in [6.07, 6.45) is 0.0438. The van der Waals surface area contributed by atoms with Crippen molar-refractivity contribution < 1.29 is 28.6 Å². The summed E-state index contributed by atoms with van der Waals surface area (Å²) in [6, 6.07) is 7.10. The predicted molar refractivity (Wildman–Crippen MR) is 89.3 cm³/mol. The fraction of sp³-hybridized carbons (Fsp3) is 0.471. The summed E-state index contributed by atoms with van der Waals surface area (Å²) in [4.78, 5) is 37.4. The number of rotatable bonds is 8. The van der Waals surface area contributed by atoms with Gasteiger partial charge >= 0.3 is 5.97 Å². The lowest BCUT2D eigenvalue weighted by atomic mass is 10.1. The van der Waals surface area contributed by atoms with Crippen LogP contribution in [0.4, 0.5) is 5.69 Å². The molecule has 0 unspecified atom stereocenters. The summed E-state index contributed by atoms with van der Waals surface area (Å²) in [6.45, 7) is 0.548. The highest BCUT2D eigenvalue weighted by atomic mass is 16.5. The quantitative estimate of drug-likeness (QED) is 0.537. The van der Waals surface area contributed by atoms with Gasteiger partial charge in [0.05, 0.1) is 25.3 Å². The second-order valence-corrected chi connectivity index (χ2v) is 5.53. The molecule has 0 bridgehead atoms. The Labute approximate surface area is 146 Å². The molecule has 8 nitrogen and oxygen atoms in total. The van der Waals surface area contributed by atoms with Crippen molar-refractivity contribution in [3.05, 3.63) is 24.3 Å². The van der Waals surface area contributed by atoms with Crippen molar-refractivity contribution in [1.29, 1.82) is 0 Å². The van der Waals surface area contributed by atoms with Gasteiger partial charge in [0, 0.05) is 26.6 Å².